The fraction of sp³-hybridized carbons (Fsp3) is 0.500. The molecule has 0 fully saturated rings. The van der Waals surface area contributed by atoms with Crippen LogP contribution in [-0.4, -0.2) is 75.8 Å². The van der Waals surface area contributed by atoms with Gasteiger partial charge >= 0.3 is 0 Å². The molecule has 0 spiro atoms. The summed E-state index contributed by atoms with van der Waals surface area (Å²) >= 11 is 0.675. The predicted octanol–water partition coefficient (Wildman–Crippen LogP) is -0.442. The average molecular weight is 479 g/mol. The Kier molecular flexibility index (Phi) is 8.24. The molecule has 0 saturated heterocycles. The largest absolute Gasteiger partial charge is 0.351 e. The highest BCUT2D eigenvalue weighted by Gasteiger charge is 2.34. The number of hydrogen-bond donors (Lipinski definition) is 3. The van der Waals surface area contributed by atoms with Crippen LogP contribution in [0.1, 0.15) is 24.2 Å². The number of nitrogens with one attached hydrogen (secondary N) is 2. The lowest BCUT2D eigenvalue weighted by molar-refractivity contribution is 0.0949. The van der Waals surface area contributed by atoms with E-state index in [1.165, 1.54) is 31.3 Å². The van der Waals surface area contributed by atoms with E-state index in [0.29, 0.717) is 23.9 Å². The second kappa shape index (κ2) is 10.1. The summed E-state index contributed by atoms with van der Waals surface area (Å²) in [5, 5.41) is 12.7. The van der Waals surface area contributed by atoms with E-state index in [1.54, 1.807) is 0 Å². The van der Waals surface area contributed by atoms with Crippen LogP contribution in [0.5, 0.6) is 0 Å². The fourth-order valence-corrected chi connectivity index (χ4v) is 5.80. The van der Waals surface area contributed by atoms with Gasteiger partial charge in [-0.1, -0.05) is 13.8 Å². The molecule has 0 saturated carbocycles. The van der Waals surface area contributed by atoms with Crippen LogP contribution in [0.25, 0.3) is 0 Å². The molecular weight excluding hydrogens is 452 g/mol. The molecule has 4 N–H and O–H groups in total. The zero-order valence-corrected chi connectivity index (χ0v) is 19.3. The van der Waals surface area contributed by atoms with Gasteiger partial charge in [0.15, 0.2) is 5.50 Å². The van der Waals surface area contributed by atoms with Gasteiger partial charge in [-0.05, 0) is 49.1 Å². The molecule has 1 unspecified atom stereocenters. The third kappa shape index (κ3) is 6.39. The van der Waals surface area contributed by atoms with Crippen molar-refractivity contribution >= 4 is 42.1 Å². The predicted molar refractivity (Wildman–Crippen MR) is 117 cm³/mol. The third-order valence-electron chi connectivity index (χ3n) is 4.33. The maximum absolute atomic E-state index is 12.6. The number of nitrogens with zero attached hydrogens (tertiary/aromatic N) is 3. The van der Waals surface area contributed by atoms with E-state index in [1.807, 2.05) is 13.8 Å². The van der Waals surface area contributed by atoms with Gasteiger partial charge in [-0.3, -0.25) is 9.80 Å². The van der Waals surface area contributed by atoms with E-state index in [2.05, 4.69) is 20.0 Å². The Morgan fingerprint density at radius 3 is 2.30 bits per heavy atom. The standard InChI is InChI=1S/C16H26N6O5S3/c1-4-22(5-2)11-10-18-14(23)12-6-8-13(9-7-12)30(26,27)20-15-21(3)19-16(28-15)29(17,24)25/h6-9,15,20H,4-5,10-11H2,1-3H3,(H,18,23)(H2,17,24,25). The zero-order valence-electron chi connectivity index (χ0n) is 16.9. The van der Waals surface area contributed by atoms with Crippen LogP contribution in [0.3, 0.4) is 0 Å². The van der Waals surface area contributed by atoms with Gasteiger partial charge < -0.3 is 10.2 Å². The van der Waals surface area contributed by atoms with Crippen molar-refractivity contribution in [3.8, 4) is 0 Å². The number of amides is 1. The van der Waals surface area contributed by atoms with Crippen LogP contribution in [0.2, 0.25) is 0 Å². The molecular formula is C16H26N6O5S3. The summed E-state index contributed by atoms with van der Waals surface area (Å²) in [6.07, 6.45) is 0. The highest BCUT2D eigenvalue weighted by Crippen LogP contribution is 2.26. The topological polar surface area (TPSA) is 154 Å². The van der Waals surface area contributed by atoms with E-state index in [-0.39, 0.29) is 15.2 Å². The lowest BCUT2D eigenvalue weighted by Crippen LogP contribution is -2.39. The molecule has 0 aliphatic carbocycles. The molecule has 0 radical (unpaired) electrons. The first kappa shape index (κ1) is 24.6. The number of carbonyl (C=O) groups excluding carboxylic acids is 1. The van der Waals surface area contributed by atoms with Gasteiger partial charge in [0.05, 0.1) is 4.90 Å². The second-order valence-electron chi connectivity index (χ2n) is 6.38. The minimum absolute atomic E-state index is 0.0692. The quantitative estimate of drug-likeness (QED) is 0.431. The van der Waals surface area contributed by atoms with E-state index in [9.17, 15) is 21.6 Å². The summed E-state index contributed by atoms with van der Waals surface area (Å²) in [4.78, 5) is 14.3. The first-order valence-electron chi connectivity index (χ1n) is 9.11. The van der Waals surface area contributed by atoms with Crippen LogP contribution in [0, 0.1) is 0 Å². The number of carbonyl (C=O) groups is 1. The zero-order chi connectivity index (χ0) is 22.5. The van der Waals surface area contributed by atoms with Crippen molar-refractivity contribution in [2.75, 3.05) is 33.2 Å². The van der Waals surface area contributed by atoms with E-state index >= 15 is 0 Å². The summed E-state index contributed by atoms with van der Waals surface area (Å²) in [6, 6.07) is 5.45. The van der Waals surface area contributed by atoms with Crippen molar-refractivity contribution in [2.24, 2.45) is 10.2 Å². The molecule has 1 amide bonds. The molecule has 1 aromatic rings. The molecule has 1 aromatic carbocycles. The minimum atomic E-state index is -4.03. The molecule has 1 heterocycles. The molecule has 14 heteroatoms. The number of hydrazone groups is 1. The summed E-state index contributed by atoms with van der Waals surface area (Å²) in [7, 11) is -6.59. The molecule has 0 bridgehead atoms. The SMILES string of the molecule is CCN(CC)CCNC(=O)c1ccc(S(=O)(=O)NC2SC(S(N)(=O)=O)=NN2C)cc1. The normalized spacial score (nSPS) is 17.3. The first-order chi connectivity index (χ1) is 14.0. The van der Waals surface area contributed by atoms with Crippen molar-refractivity contribution in [2.45, 2.75) is 24.2 Å². The number of likely N-dealkylation sites (N-methyl/N-ethyl adjacent to an activating group) is 1. The summed E-state index contributed by atoms with van der Waals surface area (Å²) in [5.41, 5.74) is -0.632. The van der Waals surface area contributed by atoms with Gasteiger partial charge in [0.2, 0.25) is 14.4 Å². The Morgan fingerprint density at radius 2 is 1.80 bits per heavy atom. The van der Waals surface area contributed by atoms with Crippen molar-refractivity contribution in [3.05, 3.63) is 29.8 Å². The average Bonchev–Trinajstić information content (AvgIpc) is 3.05. The van der Waals surface area contributed by atoms with Gasteiger partial charge in [-0.25, -0.2) is 22.0 Å². The Bertz CT molecular complexity index is 991. The number of rotatable bonds is 9. The fourth-order valence-electron chi connectivity index (χ4n) is 2.56. The Morgan fingerprint density at radius 1 is 1.20 bits per heavy atom. The van der Waals surface area contributed by atoms with Crippen LogP contribution >= 0.6 is 11.8 Å². The Hall–Kier alpha value is -1.71. The maximum atomic E-state index is 12.6. The molecule has 1 atom stereocenters. The van der Waals surface area contributed by atoms with Crippen LogP contribution in [0.15, 0.2) is 34.3 Å². The van der Waals surface area contributed by atoms with Crippen LogP contribution in [0.4, 0.5) is 0 Å². The van der Waals surface area contributed by atoms with Gasteiger partial charge in [-0.15, -0.1) is 0 Å². The number of thioether (sulfide) groups is 1. The van der Waals surface area contributed by atoms with Gasteiger partial charge in [-0.2, -0.15) is 9.82 Å². The molecule has 0 aromatic heterocycles. The highest BCUT2D eigenvalue weighted by molar-refractivity contribution is 8.35. The minimum Gasteiger partial charge on any atom is -0.351 e. The van der Waals surface area contributed by atoms with Crippen LogP contribution < -0.4 is 15.2 Å². The maximum Gasteiger partial charge on any atom is 0.263 e. The molecule has 1 aliphatic rings. The lowest BCUT2D eigenvalue weighted by Gasteiger charge is -2.19. The van der Waals surface area contributed by atoms with Gasteiger partial charge in [0.1, 0.15) is 0 Å². The molecule has 2 rings (SSSR count). The van der Waals surface area contributed by atoms with Crippen molar-refractivity contribution in [1.82, 2.24) is 19.9 Å². The van der Waals surface area contributed by atoms with Gasteiger partial charge in [0.25, 0.3) is 15.9 Å². The molecule has 30 heavy (non-hydrogen) atoms. The monoisotopic (exact) mass is 478 g/mol. The molecule has 168 valence electrons. The summed E-state index contributed by atoms with van der Waals surface area (Å²) in [6.45, 7) is 7.09. The number of sulfonamides is 2. The summed E-state index contributed by atoms with van der Waals surface area (Å²) in [5.74, 6) is -0.295. The lowest BCUT2D eigenvalue weighted by atomic mass is 10.2. The first-order valence-corrected chi connectivity index (χ1v) is 13.0. The van der Waals surface area contributed by atoms with Gasteiger partial charge in [0, 0.05) is 25.7 Å². The molecule has 1 aliphatic heterocycles. The van der Waals surface area contributed by atoms with E-state index < -0.39 is 25.5 Å². The smallest absolute Gasteiger partial charge is 0.263 e. The van der Waals surface area contributed by atoms with Crippen molar-refractivity contribution < 1.29 is 21.6 Å². The Labute approximate surface area is 181 Å². The number of nitrogens with two attached hydrogens (primary N) is 1. The highest BCUT2D eigenvalue weighted by atomic mass is 32.3. The van der Waals surface area contributed by atoms with Crippen LogP contribution in [-0.2, 0) is 20.0 Å². The second-order valence-corrected chi connectivity index (χ2v) is 10.9. The van der Waals surface area contributed by atoms with Crippen molar-refractivity contribution in [1.29, 1.82) is 0 Å². The third-order valence-corrected chi connectivity index (χ3v) is 8.38. The number of hydrogen-bond acceptors (Lipinski definition) is 9. The number of benzene rings is 1. The Balaban J connectivity index is 1.99. The van der Waals surface area contributed by atoms with E-state index in [4.69, 9.17) is 5.14 Å². The summed E-state index contributed by atoms with van der Waals surface area (Å²) < 4.78 is 49.9. The number of primary sulfonamides is 1. The van der Waals surface area contributed by atoms with Crippen molar-refractivity contribution in [3.63, 3.8) is 0 Å². The molecule has 11 nitrogen and oxygen atoms in total. The van der Waals surface area contributed by atoms with E-state index in [0.717, 1.165) is 24.6 Å².